The molecular weight excluding hydrogens is 206 g/mol. The van der Waals surface area contributed by atoms with Gasteiger partial charge in [-0.1, -0.05) is 51.5 Å². The van der Waals surface area contributed by atoms with Gasteiger partial charge in [-0.25, -0.2) is 0 Å². The van der Waals surface area contributed by atoms with Gasteiger partial charge in [-0.2, -0.15) is 0 Å². The molecule has 1 aromatic carbocycles. The van der Waals surface area contributed by atoms with E-state index in [2.05, 4.69) is 50.4 Å². The second-order valence-electron chi connectivity index (χ2n) is 4.90. The molecule has 0 fully saturated rings. The van der Waals surface area contributed by atoms with E-state index in [0.717, 1.165) is 19.5 Å². The van der Waals surface area contributed by atoms with Gasteiger partial charge in [-0.05, 0) is 49.4 Å². The first-order chi connectivity index (χ1) is 8.27. The van der Waals surface area contributed by atoms with E-state index in [0.29, 0.717) is 5.92 Å². The van der Waals surface area contributed by atoms with Crippen LogP contribution in [0.5, 0.6) is 0 Å². The highest BCUT2D eigenvalue weighted by atomic mass is 14.8. The molecule has 1 nitrogen and oxygen atoms in total. The second kappa shape index (κ2) is 8.30. The molecule has 0 aliphatic rings. The lowest BCUT2D eigenvalue weighted by molar-refractivity contribution is 0.640. The van der Waals surface area contributed by atoms with Gasteiger partial charge in [0.2, 0.25) is 0 Å². The van der Waals surface area contributed by atoms with Gasteiger partial charge in [-0.3, -0.25) is 0 Å². The van der Waals surface area contributed by atoms with Crippen LogP contribution in [0.2, 0.25) is 0 Å². The van der Waals surface area contributed by atoms with E-state index < -0.39 is 0 Å². The lowest BCUT2D eigenvalue weighted by atomic mass is 9.97. The first-order valence-corrected chi connectivity index (χ1v) is 7.07. The topological polar surface area (TPSA) is 12.0 Å². The Morgan fingerprint density at radius 3 is 2.35 bits per heavy atom. The molecule has 0 aromatic heterocycles. The Bertz CT molecular complexity index is 289. The monoisotopic (exact) mass is 233 g/mol. The van der Waals surface area contributed by atoms with Gasteiger partial charge in [0.25, 0.3) is 0 Å². The average Bonchev–Trinajstić information content (AvgIpc) is 2.38. The Balaban J connectivity index is 2.30. The smallest absolute Gasteiger partial charge is 0.000835 e. The Labute approximate surface area is 107 Å². The van der Waals surface area contributed by atoms with Crippen LogP contribution in [0.25, 0.3) is 0 Å². The molecule has 0 saturated heterocycles. The lowest BCUT2D eigenvalue weighted by Gasteiger charge is -2.10. The molecule has 96 valence electrons. The third kappa shape index (κ3) is 5.36. The van der Waals surface area contributed by atoms with Gasteiger partial charge in [-0.15, -0.1) is 0 Å². The fourth-order valence-electron chi connectivity index (χ4n) is 1.91. The first-order valence-electron chi connectivity index (χ1n) is 7.07. The fraction of sp³-hybridized carbons (Fsp3) is 0.625. The third-order valence-electron chi connectivity index (χ3n) is 3.46. The Kier molecular flexibility index (Phi) is 6.95. The van der Waals surface area contributed by atoms with E-state index in [-0.39, 0.29) is 0 Å². The number of benzene rings is 1. The minimum Gasteiger partial charge on any atom is -0.316 e. The van der Waals surface area contributed by atoms with Crippen LogP contribution in [-0.2, 0) is 6.42 Å². The van der Waals surface area contributed by atoms with Crippen LogP contribution in [0.4, 0.5) is 0 Å². The fourth-order valence-corrected chi connectivity index (χ4v) is 1.91. The van der Waals surface area contributed by atoms with Gasteiger partial charge < -0.3 is 5.32 Å². The van der Waals surface area contributed by atoms with Crippen molar-refractivity contribution in [2.45, 2.75) is 52.4 Å². The van der Waals surface area contributed by atoms with E-state index in [1.807, 2.05) is 0 Å². The molecule has 0 aliphatic carbocycles. The van der Waals surface area contributed by atoms with Crippen molar-refractivity contribution in [3.63, 3.8) is 0 Å². The average molecular weight is 233 g/mol. The van der Waals surface area contributed by atoms with Crippen molar-refractivity contribution in [3.8, 4) is 0 Å². The maximum Gasteiger partial charge on any atom is -0.000835 e. The summed E-state index contributed by atoms with van der Waals surface area (Å²) in [4.78, 5) is 0. The Morgan fingerprint density at radius 1 is 1.06 bits per heavy atom. The van der Waals surface area contributed by atoms with E-state index in [1.165, 1.54) is 30.4 Å². The highest BCUT2D eigenvalue weighted by molar-refractivity contribution is 5.25. The number of rotatable bonds is 8. The number of unbranched alkanes of at least 4 members (excludes halogenated alkanes) is 1. The van der Waals surface area contributed by atoms with Crippen LogP contribution in [-0.4, -0.2) is 13.1 Å². The molecule has 0 saturated carbocycles. The molecular formula is C16H27N. The minimum atomic E-state index is 0.687. The molecule has 17 heavy (non-hydrogen) atoms. The second-order valence-corrected chi connectivity index (χ2v) is 4.90. The maximum atomic E-state index is 3.48. The summed E-state index contributed by atoms with van der Waals surface area (Å²) in [6, 6.07) is 9.14. The normalized spacial score (nSPS) is 12.6. The predicted molar refractivity (Wildman–Crippen MR) is 76.6 cm³/mol. The molecule has 0 spiro atoms. The zero-order valence-corrected chi connectivity index (χ0v) is 11.6. The highest BCUT2D eigenvalue weighted by Gasteiger charge is 2.01. The summed E-state index contributed by atoms with van der Waals surface area (Å²) in [5.41, 5.74) is 2.91. The highest BCUT2D eigenvalue weighted by Crippen LogP contribution is 2.18. The van der Waals surface area contributed by atoms with Crippen molar-refractivity contribution >= 4 is 0 Å². The maximum absolute atomic E-state index is 3.48. The van der Waals surface area contributed by atoms with Crippen molar-refractivity contribution in [3.05, 3.63) is 35.4 Å². The molecule has 1 atom stereocenters. The van der Waals surface area contributed by atoms with Crippen LogP contribution in [0, 0.1) is 0 Å². The molecule has 0 radical (unpaired) electrons. The van der Waals surface area contributed by atoms with Crippen molar-refractivity contribution in [1.29, 1.82) is 0 Å². The van der Waals surface area contributed by atoms with Crippen LogP contribution < -0.4 is 5.32 Å². The third-order valence-corrected chi connectivity index (χ3v) is 3.46. The van der Waals surface area contributed by atoms with Crippen molar-refractivity contribution in [2.24, 2.45) is 0 Å². The molecule has 0 aliphatic heterocycles. The summed E-state index contributed by atoms with van der Waals surface area (Å²) in [5, 5.41) is 3.48. The zero-order chi connectivity index (χ0) is 12.5. The molecule has 1 N–H and O–H groups in total. The lowest BCUT2D eigenvalue weighted by Crippen LogP contribution is -2.18. The van der Waals surface area contributed by atoms with Gasteiger partial charge in [0.05, 0.1) is 0 Å². The van der Waals surface area contributed by atoms with Crippen molar-refractivity contribution < 1.29 is 0 Å². The van der Waals surface area contributed by atoms with Crippen molar-refractivity contribution in [1.82, 2.24) is 5.32 Å². The molecule has 1 unspecified atom stereocenters. The SMILES string of the molecule is CCCCNCCc1ccc(C(C)CC)cc1. The number of nitrogens with one attached hydrogen (secondary N) is 1. The summed E-state index contributed by atoms with van der Waals surface area (Å²) in [7, 11) is 0. The Morgan fingerprint density at radius 2 is 1.76 bits per heavy atom. The van der Waals surface area contributed by atoms with Crippen molar-refractivity contribution in [2.75, 3.05) is 13.1 Å². The van der Waals surface area contributed by atoms with E-state index >= 15 is 0 Å². The summed E-state index contributed by atoms with van der Waals surface area (Å²) < 4.78 is 0. The zero-order valence-electron chi connectivity index (χ0n) is 11.6. The summed E-state index contributed by atoms with van der Waals surface area (Å²) in [6.45, 7) is 9.02. The van der Waals surface area contributed by atoms with Gasteiger partial charge in [0.15, 0.2) is 0 Å². The van der Waals surface area contributed by atoms with E-state index in [1.54, 1.807) is 0 Å². The summed E-state index contributed by atoms with van der Waals surface area (Å²) in [5.74, 6) is 0.687. The number of hydrogen-bond donors (Lipinski definition) is 1. The quantitative estimate of drug-likeness (QED) is 0.666. The van der Waals surface area contributed by atoms with Gasteiger partial charge >= 0.3 is 0 Å². The summed E-state index contributed by atoms with van der Waals surface area (Å²) in [6.07, 6.45) is 4.92. The molecule has 0 heterocycles. The summed E-state index contributed by atoms with van der Waals surface area (Å²) >= 11 is 0. The van der Waals surface area contributed by atoms with E-state index in [4.69, 9.17) is 0 Å². The predicted octanol–water partition coefficient (Wildman–Crippen LogP) is 4.13. The molecule has 0 bridgehead atoms. The largest absolute Gasteiger partial charge is 0.316 e. The molecule has 1 heteroatoms. The molecule has 1 rings (SSSR count). The minimum absolute atomic E-state index is 0.687. The van der Waals surface area contributed by atoms with Crippen LogP contribution in [0.1, 0.15) is 57.1 Å². The van der Waals surface area contributed by atoms with E-state index in [9.17, 15) is 0 Å². The van der Waals surface area contributed by atoms with Crippen LogP contribution in [0.15, 0.2) is 24.3 Å². The van der Waals surface area contributed by atoms with Crippen LogP contribution in [0.3, 0.4) is 0 Å². The first kappa shape index (κ1) is 14.2. The van der Waals surface area contributed by atoms with Crippen LogP contribution >= 0.6 is 0 Å². The standard InChI is InChI=1S/C16H27N/c1-4-6-12-17-13-11-15-7-9-16(10-8-15)14(3)5-2/h7-10,14,17H,4-6,11-13H2,1-3H3. The Hall–Kier alpha value is -0.820. The molecule has 1 aromatic rings. The number of hydrogen-bond acceptors (Lipinski definition) is 1. The van der Waals surface area contributed by atoms with Gasteiger partial charge in [0, 0.05) is 0 Å². The van der Waals surface area contributed by atoms with Gasteiger partial charge in [0.1, 0.15) is 0 Å². The molecule has 0 amide bonds.